The second-order valence-electron chi connectivity index (χ2n) is 5.57. The average Bonchev–Trinajstić information content (AvgIpc) is 3.11. The van der Waals surface area contributed by atoms with Crippen LogP contribution in [0.25, 0.3) is 11.0 Å². The molecule has 0 aliphatic carbocycles. The average molecular weight is 300 g/mol. The summed E-state index contributed by atoms with van der Waals surface area (Å²) < 4.78 is 12.6. The quantitative estimate of drug-likeness (QED) is 0.760. The number of benzene rings is 1. The number of ether oxygens (including phenoxy) is 1. The van der Waals surface area contributed by atoms with E-state index in [9.17, 15) is 5.11 Å². The molecule has 0 saturated carbocycles. The smallest absolute Gasteiger partial charge is 0.129 e. The second kappa shape index (κ2) is 6.34. The Hall–Kier alpha value is -2.11. The highest BCUT2D eigenvalue weighted by molar-refractivity contribution is 5.77. The fourth-order valence-corrected chi connectivity index (χ4v) is 2.43. The lowest BCUT2D eigenvalue weighted by Gasteiger charge is -2.12. The van der Waals surface area contributed by atoms with E-state index in [1.54, 1.807) is 12.6 Å². The van der Waals surface area contributed by atoms with Crippen LogP contribution in [0.4, 0.5) is 0 Å². The number of hydrogen-bond donors (Lipinski definition) is 1. The standard InChI is InChI=1S/C17H20N2O3/c1-12-6-16-17(7-13(12)2)19(11-18-16)8-14(20)9-21-10-15-4-3-5-22-15/h3-7,11,14,20H,8-10H2,1-2H3. The fraction of sp³-hybridized carbons (Fsp3) is 0.353. The number of furan rings is 1. The largest absolute Gasteiger partial charge is 0.467 e. The van der Waals surface area contributed by atoms with E-state index in [0.29, 0.717) is 13.2 Å². The topological polar surface area (TPSA) is 60.4 Å². The van der Waals surface area contributed by atoms with Gasteiger partial charge >= 0.3 is 0 Å². The first-order chi connectivity index (χ1) is 10.6. The highest BCUT2D eigenvalue weighted by Gasteiger charge is 2.10. The van der Waals surface area contributed by atoms with Gasteiger partial charge in [0.05, 0.1) is 42.9 Å². The summed E-state index contributed by atoms with van der Waals surface area (Å²) in [6.07, 6.45) is 2.78. The van der Waals surface area contributed by atoms with Gasteiger partial charge in [0.15, 0.2) is 0 Å². The normalized spacial score (nSPS) is 12.9. The van der Waals surface area contributed by atoms with Crippen molar-refractivity contribution >= 4 is 11.0 Å². The third kappa shape index (κ3) is 3.21. The summed E-state index contributed by atoms with van der Waals surface area (Å²) in [6.45, 7) is 5.23. The number of rotatable bonds is 6. The van der Waals surface area contributed by atoms with Gasteiger partial charge in [-0.15, -0.1) is 0 Å². The Balaban J connectivity index is 1.61. The van der Waals surface area contributed by atoms with E-state index in [0.717, 1.165) is 16.8 Å². The predicted molar refractivity (Wildman–Crippen MR) is 83.6 cm³/mol. The summed E-state index contributed by atoms with van der Waals surface area (Å²) in [5.41, 5.74) is 4.43. The molecule has 0 spiro atoms. The van der Waals surface area contributed by atoms with Crippen molar-refractivity contribution in [2.45, 2.75) is 33.1 Å². The molecule has 1 N–H and O–H groups in total. The Labute approximate surface area is 129 Å². The van der Waals surface area contributed by atoms with Crippen LogP contribution in [0.15, 0.2) is 41.3 Å². The number of imidazole rings is 1. The molecule has 0 radical (unpaired) electrons. The van der Waals surface area contributed by atoms with E-state index in [2.05, 4.69) is 31.0 Å². The summed E-state index contributed by atoms with van der Waals surface area (Å²) in [5.74, 6) is 0.756. The van der Waals surface area contributed by atoms with Gasteiger partial charge in [0.25, 0.3) is 0 Å². The van der Waals surface area contributed by atoms with E-state index >= 15 is 0 Å². The van der Waals surface area contributed by atoms with E-state index in [4.69, 9.17) is 9.15 Å². The minimum Gasteiger partial charge on any atom is -0.467 e. The van der Waals surface area contributed by atoms with Gasteiger partial charge in [-0.05, 0) is 49.2 Å². The lowest BCUT2D eigenvalue weighted by Crippen LogP contribution is -2.21. The van der Waals surface area contributed by atoms with Crippen LogP contribution in [0.5, 0.6) is 0 Å². The van der Waals surface area contributed by atoms with Crippen LogP contribution in [-0.4, -0.2) is 27.4 Å². The van der Waals surface area contributed by atoms with Gasteiger partial charge in [-0.25, -0.2) is 4.98 Å². The third-order valence-corrected chi connectivity index (χ3v) is 3.78. The number of hydrogen-bond acceptors (Lipinski definition) is 4. The Morgan fingerprint density at radius 2 is 2.14 bits per heavy atom. The maximum atomic E-state index is 10.1. The minimum absolute atomic E-state index is 0.255. The first-order valence-corrected chi connectivity index (χ1v) is 7.34. The SMILES string of the molecule is Cc1cc2ncn(CC(O)COCc3ccco3)c2cc1C. The molecule has 0 fully saturated rings. The Morgan fingerprint density at radius 3 is 2.91 bits per heavy atom. The summed E-state index contributed by atoms with van der Waals surface area (Å²) in [7, 11) is 0. The molecular weight excluding hydrogens is 280 g/mol. The summed E-state index contributed by atoms with van der Waals surface area (Å²) >= 11 is 0. The number of aliphatic hydroxyl groups is 1. The van der Waals surface area contributed by atoms with E-state index < -0.39 is 6.10 Å². The molecule has 5 nitrogen and oxygen atoms in total. The first kappa shape index (κ1) is 14.8. The molecule has 2 aromatic heterocycles. The van der Waals surface area contributed by atoms with Crippen molar-refractivity contribution in [3.8, 4) is 0 Å². The molecule has 0 saturated heterocycles. The van der Waals surface area contributed by atoms with Crippen LogP contribution < -0.4 is 0 Å². The van der Waals surface area contributed by atoms with Crippen molar-refractivity contribution in [2.75, 3.05) is 6.61 Å². The molecule has 2 heterocycles. The molecule has 3 rings (SSSR count). The van der Waals surface area contributed by atoms with Crippen molar-refractivity contribution in [1.82, 2.24) is 9.55 Å². The Bertz CT molecular complexity index is 747. The molecule has 22 heavy (non-hydrogen) atoms. The molecule has 116 valence electrons. The summed E-state index contributed by atoms with van der Waals surface area (Å²) in [5, 5.41) is 10.1. The molecule has 0 bridgehead atoms. The van der Waals surface area contributed by atoms with Crippen LogP contribution in [0.3, 0.4) is 0 Å². The van der Waals surface area contributed by atoms with Gasteiger partial charge in [-0.1, -0.05) is 0 Å². The monoisotopic (exact) mass is 300 g/mol. The zero-order chi connectivity index (χ0) is 15.5. The predicted octanol–water partition coefficient (Wildman–Crippen LogP) is 2.82. The second-order valence-corrected chi connectivity index (χ2v) is 5.57. The Morgan fingerprint density at radius 1 is 1.32 bits per heavy atom. The lowest BCUT2D eigenvalue weighted by molar-refractivity contribution is 0.0151. The number of aryl methyl sites for hydroxylation is 2. The van der Waals surface area contributed by atoms with Crippen molar-refractivity contribution in [2.24, 2.45) is 0 Å². The molecule has 5 heteroatoms. The van der Waals surface area contributed by atoms with E-state index in [-0.39, 0.29) is 6.61 Å². The van der Waals surface area contributed by atoms with Gasteiger partial charge < -0.3 is 18.8 Å². The minimum atomic E-state index is -0.589. The highest BCUT2D eigenvalue weighted by atomic mass is 16.5. The molecular formula is C17H20N2O3. The van der Waals surface area contributed by atoms with Crippen molar-refractivity contribution in [3.63, 3.8) is 0 Å². The maximum Gasteiger partial charge on any atom is 0.129 e. The van der Waals surface area contributed by atoms with Crippen LogP contribution >= 0.6 is 0 Å². The van der Waals surface area contributed by atoms with Crippen LogP contribution in [0.1, 0.15) is 16.9 Å². The molecule has 0 amide bonds. The molecule has 3 aromatic rings. The molecule has 1 atom stereocenters. The van der Waals surface area contributed by atoms with Crippen molar-refractivity contribution in [1.29, 1.82) is 0 Å². The summed E-state index contributed by atoms with van der Waals surface area (Å²) in [6, 6.07) is 7.84. The van der Waals surface area contributed by atoms with Crippen LogP contribution in [0.2, 0.25) is 0 Å². The Kier molecular flexibility index (Phi) is 4.27. The van der Waals surface area contributed by atoms with Crippen molar-refractivity contribution < 1.29 is 14.3 Å². The van der Waals surface area contributed by atoms with E-state index in [1.165, 1.54) is 11.1 Å². The fourth-order valence-electron chi connectivity index (χ4n) is 2.43. The first-order valence-electron chi connectivity index (χ1n) is 7.34. The molecule has 0 aliphatic heterocycles. The van der Waals surface area contributed by atoms with E-state index in [1.807, 2.05) is 16.7 Å². The zero-order valence-electron chi connectivity index (χ0n) is 12.8. The number of aromatic nitrogens is 2. The van der Waals surface area contributed by atoms with Crippen LogP contribution in [-0.2, 0) is 17.9 Å². The third-order valence-electron chi connectivity index (χ3n) is 3.78. The summed E-state index contributed by atoms with van der Waals surface area (Å²) in [4.78, 5) is 4.39. The number of aliphatic hydroxyl groups excluding tert-OH is 1. The van der Waals surface area contributed by atoms with Gasteiger partial charge in [0.1, 0.15) is 12.4 Å². The van der Waals surface area contributed by atoms with Crippen LogP contribution in [0, 0.1) is 13.8 Å². The number of fused-ring (bicyclic) bond motifs is 1. The molecule has 0 aliphatic rings. The molecule has 1 unspecified atom stereocenters. The van der Waals surface area contributed by atoms with Gasteiger partial charge in [-0.3, -0.25) is 0 Å². The highest BCUT2D eigenvalue weighted by Crippen LogP contribution is 2.18. The number of nitrogens with zero attached hydrogens (tertiary/aromatic N) is 2. The van der Waals surface area contributed by atoms with Gasteiger partial charge in [0.2, 0.25) is 0 Å². The maximum absolute atomic E-state index is 10.1. The lowest BCUT2D eigenvalue weighted by atomic mass is 10.1. The molecule has 1 aromatic carbocycles. The zero-order valence-corrected chi connectivity index (χ0v) is 12.8. The van der Waals surface area contributed by atoms with Crippen molar-refractivity contribution in [3.05, 3.63) is 53.7 Å². The van der Waals surface area contributed by atoms with Gasteiger partial charge in [-0.2, -0.15) is 0 Å². The van der Waals surface area contributed by atoms with Gasteiger partial charge in [0, 0.05) is 0 Å².